The summed E-state index contributed by atoms with van der Waals surface area (Å²) in [6.07, 6.45) is 6.80. The molecule has 0 spiro atoms. The maximum atomic E-state index is 12.5. The molecule has 32 heavy (non-hydrogen) atoms. The van der Waals surface area contributed by atoms with Crippen LogP contribution in [0.1, 0.15) is 78.7 Å². The van der Waals surface area contributed by atoms with Gasteiger partial charge < -0.3 is 15.1 Å². The molecule has 2 aliphatic rings. The van der Waals surface area contributed by atoms with Gasteiger partial charge in [0.05, 0.1) is 4.88 Å². The van der Waals surface area contributed by atoms with Gasteiger partial charge in [0.2, 0.25) is 5.95 Å². The molecule has 3 heterocycles. The van der Waals surface area contributed by atoms with Crippen LogP contribution < -0.4 is 10.2 Å². The molecule has 176 valence electrons. The molecule has 0 unspecified atom stereocenters. The summed E-state index contributed by atoms with van der Waals surface area (Å²) < 4.78 is 2.40. The van der Waals surface area contributed by atoms with Crippen molar-refractivity contribution in [3.63, 3.8) is 0 Å². The van der Waals surface area contributed by atoms with Crippen molar-refractivity contribution in [1.82, 2.24) is 25.0 Å². The minimum atomic E-state index is 0.0633. The number of hydrogen-bond acceptors (Lipinski definition) is 6. The van der Waals surface area contributed by atoms with Gasteiger partial charge in [-0.25, -0.2) is 0 Å². The number of piperidine rings is 1. The van der Waals surface area contributed by atoms with Crippen LogP contribution in [0.2, 0.25) is 0 Å². The maximum absolute atomic E-state index is 12.5. The van der Waals surface area contributed by atoms with Gasteiger partial charge in [-0.3, -0.25) is 9.36 Å². The van der Waals surface area contributed by atoms with E-state index in [2.05, 4.69) is 43.7 Å². The Kier molecular flexibility index (Phi) is 7.84. The van der Waals surface area contributed by atoms with Crippen molar-refractivity contribution >= 4 is 23.2 Å². The Morgan fingerprint density at radius 2 is 1.91 bits per heavy atom. The number of aromatic nitrogens is 3. The van der Waals surface area contributed by atoms with Gasteiger partial charge in [0.25, 0.3) is 5.91 Å². The number of thiophene rings is 1. The van der Waals surface area contributed by atoms with Crippen molar-refractivity contribution in [2.75, 3.05) is 37.6 Å². The second-order valence-corrected chi connectivity index (χ2v) is 10.5. The third-order valence-electron chi connectivity index (χ3n) is 7.06. The van der Waals surface area contributed by atoms with Gasteiger partial charge in [-0.05, 0) is 70.8 Å². The Labute approximate surface area is 196 Å². The number of amides is 1. The molecule has 1 N–H and O–H groups in total. The van der Waals surface area contributed by atoms with Gasteiger partial charge >= 0.3 is 0 Å². The maximum Gasteiger partial charge on any atom is 0.261 e. The van der Waals surface area contributed by atoms with Gasteiger partial charge in [0, 0.05) is 36.5 Å². The summed E-state index contributed by atoms with van der Waals surface area (Å²) in [5, 5.41) is 12.5. The first-order valence-electron chi connectivity index (χ1n) is 12.4. The van der Waals surface area contributed by atoms with Gasteiger partial charge in [0.1, 0.15) is 5.82 Å². The summed E-state index contributed by atoms with van der Waals surface area (Å²) in [6, 6.07) is 4.16. The molecular weight excluding hydrogens is 420 g/mol. The quantitative estimate of drug-likeness (QED) is 0.582. The summed E-state index contributed by atoms with van der Waals surface area (Å²) in [5.74, 6) is 2.86. The number of nitrogens with one attached hydrogen (secondary N) is 1. The van der Waals surface area contributed by atoms with Crippen molar-refractivity contribution in [3.05, 3.63) is 27.7 Å². The lowest BCUT2D eigenvalue weighted by Crippen LogP contribution is -2.45. The number of hydrogen-bond donors (Lipinski definition) is 1. The van der Waals surface area contributed by atoms with Crippen LogP contribution in [0.5, 0.6) is 0 Å². The molecule has 0 atom stereocenters. The highest BCUT2D eigenvalue weighted by Gasteiger charge is 2.30. The normalized spacial score (nSPS) is 17.7. The zero-order chi connectivity index (χ0) is 22.5. The van der Waals surface area contributed by atoms with Crippen LogP contribution in [-0.2, 0) is 6.54 Å². The fraction of sp³-hybridized carbons (Fsp3) is 0.708. The van der Waals surface area contributed by atoms with E-state index in [1.165, 1.54) is 30.0 Å². The molecule has 0 radical (unpaired) electrons. The summed E-state index contributed by atoms with van der Waals surface area (Å²) in [4.78, 5) is 19.4. The minimum Gasteiger partial charge on any atom is -0.348 e. The number of carbonyl (C=O) groups is 1. The van der Waals surface area contributed by atoms with E-state index in [9.17, 15) is 4.79 Å². The van der Waals surface area contributed by atoms with Crippen LogP contribution >= 0.6 is 11.3 Å². The molecule has 1 aliphatic carbocycles. The standard InChI is InChI=1S/C24H38N6OS/c1-4-28(5-2)14-7-15-30-22(19-8-6-9-19)26-27-24(30)29-16-12-20(13-17-29)25-23(31)21-11-10-18(3)32-21/h10-11,19-20H,4-9,12-17H2,1-3H3,(H,25,31). The lowest BCUT2D eigenvalue weighted by atomic mass is 9.85. The molecule has 1 saturated heterocycles. The molecule has 2 aromatic rings. The monoisotopic (exact) mass is 458 g/mol. The lowest BCUT2D eigenvalue weighted by molar-refractivity contribution is 0.0935. The van der Waals surface area contributed by atoms with Crippen molar-refractivity contribution in [2.24, 2.45) is 0 Å². The smallest absolute Gasteiger partial charge is 0.261 e. The zero-order valence-corrected chi connectivity index (χ0v) is 20.7. The molecule has 8 heteroatoms. The van der Waals surface area contributed by atoms with E-state index >= 15 is 0 Å². The molecule has 7 nitrogen and oxygen atoms in total. The molecule has 1 saturated carbocycles. The average Bonchev–Trinajstić information content (AvgIpc) is 3.37. The second-order valence-electron chi connectivity index (χ2n) is 9.16. The summed E-state index contributed by atoms with van der Waals surface area (Å²) in [7, 11) is 0. The third-order valence-corrected chi connectivity index (χ3v) is 8.06. The predicted molar refractivity (Wildman–Crippen MR) is 131 cm³/mol. The van der Waals surface area contributed by atoms with E-state index in [0.29, 0.717) is 5.92 Å². The first kappa shape index (κ1) is 23.2. The Hall–Kier alpha value is -1.93. The van der Waals surface area contributed by atoms with E-state index in [1.54, 1.807) is 11.3 Å². The van der Waals surface area contributed by atoms with Gasteiger partial charge in [0.15, 0.2) is 0 Å². The largest absolute Gasteiger partial charge is 0.348 e. The molecule has 1 amide bonds. The third kappa shape index (κ3) is 5.34. The number of aryl methyl sites for hydroxylation is 1. The Bertz CT molecular complexity index is 877. The molecule has 4 rings (SSSR count). The van der Waals surface area contributed by atoms with Gasteiger partial charge in [-0.15, -0.1) is 21.5 Å². The number of carbonyl (C=O) groups excluding carboxylic acids is 1. The Balaban J connectivity index is 1.36. The van der Waals surface area contributed by atoms with Crippen LogP contribution in [0.4, 0.5) is 5.95 Å². The first-order chi connectivity index (χ1) is 15.6. The molecule has 2 fully saturated rings. The molecule has 2 aromatic heterocycles. The highest BCUT2D eigenvalue weighted by Crippen LogP contribution is 2.37. The molecule has 0 aromatic carbocycles. The Morgan fingerprint density at radius 3 is 2.50 bits per heavy atom. The number of nitrogens with zero attached hydrogens (tertiary/aromatic N) is 5. The van der Waals surface area contributed by atoms with Crippen LogP contribution in [0, 0.1) is 6.92 Å². The zero-order valence-electron chi connectivity index (χ0n) is 19.8. The Morgan fingerprint density at radius 1 is 1.16 bits per heavy atom. The van der Waals surface area contributed by atoms with Gasteiger partial charge in [-0.1, -0.05) is 20.3 Å². The van der Waals surface area contributed by atoms with Crippen LogP contribution in [0.3, 0.4) is 0 Å². The van der Waals surface area contributed by atoms with E-state index in [1.807, 2.05) is 19.1 Å². The second kappa shape index (κ2) is 10.8. The summed E-state index contributed by atoms with van der Waals surface area (Å²) >= 11 is 1.56. The fourth-order valence-corrected chi connectivity index (χ4v) is 5.52. The van der Waals surface area contributed by atoms with Crippen LogP contribution in [0.25, 0.3) is 0 Å². The lowest BCUT2D eigenvalue weighted by Gasteiger charge is -2.33. The average molecular weight is 459 g/mol. The SMILES string of the molecule is CCN(CC)CCCn1c(C2CCC2)nnc1N1CCC(NC(=O)c2ccc(C)s2)CC1. The van der Waals surface area contributed by atoms with Gasteiger partial charge in [-0.2, -0.15) is 0 Å². The highest BCUT2D eigenvalue weighted by molar-refractivity contribution is 7.13. The van der Waals surface area contributed by atoms with E-state index in [0.717, 1.165) is 69.4 Å². The van der Waals surface area contributed by atoms with Crippen LogP contribution in [-0.4, -0.2) is 64.3 Å². The minimum absolute atomic E-state index is 0.0633. The molecule has 0 bridgehead atoms. The fourth-order valence-electron chi connectivity index (χ4n) is 4.75. The van der Waals surface area contributed by atoms with Crippen molar-refractivity contribution < 1.29 is 4.79 Å². The van der Waals surface area contributed by atoms with Crippen molar-refractivity contribution in [2.45, 2.75) is 77.8 Å². The molecule has 1 aliphatic heterocycles. The molecular formula is C24H38N6OS. The predicted octanol–water partition coefficient (Wildman–Crippen LogP) is 4.05. The first-order valence-corrected chi connectivity index (χ1v) is 13.2. The summed E-state index contributed by atoms with van der Waals surface area (Å²) in [5.41, 5.74) is 0. The van der Waals surface area contributed by atoms with Crippen LogP contribution in [0.15, 0.2) is 12.1 Å². The van der Waals surface area contributed by atoms with E-state index < -0.39 is 0 Å². The topological polar surface area (TPSA) is 66.3 Å². The van der Waals surface area contributed by atoms with Crippen molar-refractivity contribution in [3.8, 4) is 0 Å². The van der Waals surface area contributed by atoms with E-state index in [-0.39, 0.29) is 11.9 Å². The highest BCUT2D eigenvalue weighted by atomic mass is 32.1. The van der Waals surface area contributed by atoms with E-state index in [4.69, 9.17) is 0 Å². The number of rotatable bonds is 10. The number of anilines is 1. The summed E-state index contributed by atoms with van der Waals surface area (Å²) in [6.45, 7) is 12.6. The van der Waals surface area contributed by atoms with Crippen molar-refractivity contribution in [1.29, 1.82) is 0 Å².